The molecule has 3 N–H and O–H groups in total. The Bertz CT molecular complexity index is 512. The molecule has 0 radical (unpaired) electrons. The third-order valence-electron chi connectivity index (χ3n) is 6.11. The average molecular weight is 352 g/mol. The summed E-state index contributed by atoms with van der Waals surface area (Å²) in [6.45, 7) is 0.601. The lowest BCUT2D eigenvalue weighted by molar-refractivity contribution is -0.134. The van der Waals surface area contributed by atoms with Crippen LogP contribution in [0.2, 0.25) is 0 Å². The van der Waals surface area contributed by atoms with E-state index in [1.807, 2.05) is 0 Å². The van der Waals surface area contributed by atoms with Gasteiger partial charge < -0.3 is 15.7 Å². The van der Waals surface area contributed by atoms with E-state index in [-0.39, 0.29) is 11.6 Å². The van der Waals surface area contributed by atoms with Crippen LogP contribution in [0.15, 0.2) is 11.9 Å². The summed E-state index contributed by atoms with van der Waals surface area (Å²) >= 11 is 0. The van der Waals surface area contributed by atoms with Crippen LogP contribution >= 0.6 is 0 Å². The number of carboxylic acid groups (broad SMARTS) is 1. The third-order valence-corrected chi connectivity index (χ3v) is 6.11. The van der Waals surface area contributed by atoms with Crippen molar-refractivity contribution >= 4 is 12.0 Å². The summed E-state index contributed by atoms with van der Waals surface area (Å²) in [5.41, 5.74) is 0.0397. The van der Waals surface area contributed by atoms with Crippen molar-refractivity contribution in [2.75, 3.05) is 6.54 Å². The third kappa shape index (κ3) is 4.73. The molecule has 4 aliphatic rings. The maximum atomic E-state index is 12.8. The van der Waals surface area contributed by atoms with E-state index in [2.05, 4.69) is 10.6 Å². The zero-order chi connectivity index (χ0) is 17.9. The van der Waals surface area contributed by atoms with E-state index in [9.17, 15) is 14.0 Å². The fourth-order valence-corrected chi connectivity index (χ4v) is 5.51. The van der Waals surface area contributed by atoms with Gasteiger partial charge in [-0.05, 0) is 81.6 Å². The van der Waals surface area contributed by atoms with E-state index < -0.39 is 11.8 Å². The van der Waals surface area contributed by atoms with Gasteiger partial charge in [-0.1, -0.05) is 6.42 Å². The SMILES string of the molecule is O=C(NCCCCC/C=C(\F)C(=O)O)NC12CC3CC(CC(C3)C1)C2. The molecule has 4 rings (SSSR count). The number of hydrogen-bond donors (Lipinski definition) is 3. The van der Waals surface area contributed by atoms with Gasteiger partial charge in [0.25, 0.3) is 0 Å². The number of nitrogens with one attached hydrogen (secondary N) is 2. The summed E-state index contributed by atoms with van der Waals surface area (Å²) in [7, 11) is 0. The van der Waals surface area contributed by atoms with Gasteiger partial charge in [0.05, 0.1) is 0 Å². The van der Waals surface area contributed by atoms with Crippen molar-refractivity contribution in [2.24, 2.45) is 17.8 Å². The van der Waals surface area contributed by atoms with E-state index in [1.54, 1.807) is 0 Å². The number of amides is 2. The Morgan fingerprint density at radius 2 is 1.64 bits per heavy atom. The first-order valence-electron chi connectivity index (χ1n) is 9.61. The van der Waals surface area contributed by atoms with Gasteiger partial charge in [0.2, 0.25) is 5.83 Å². The van der Waals surface area contributed by atoms with E-state index in [0.717, 1.165) is 62.4 Å². The Balaban J connectivity index is 1.30. The lowest BCUT2D eigenvalue weighted by Gasteiger charge is -2.56. The maximum absolute atomic E-state index is 12.8. The topological polar surface area (TPSA) is 78.4 Å². The van der Waals surface area contributed by atoms with Crippen LogP contribution in [0.1, 0.15) is 64.2 Å². The molecule has 0 spiro atoms. The molecule has 0 heterocycles. The molecule has 6 heteroatoms. The molecule has 0 atom stereocenters. The summed E-state index contributed by atoms with van der Waals surface area (Å²) in [5, 5.41) is 14.6. The summed E-state index contributed by atoms with van der Waals surface area (Å²) < 4.78 is 12.8. The highest BCUT2D eigenvalue weighted by Crippen LogP contribution is 2.55. The fraction of sp³-hybridized carbons (Fsp3) is 0.789. The number of rotatable bonds is 8. The van der Waals surface area contributed by atoms with Crippen molar-refractivity contribution in [3.63, 3.8) is 0 Å². The molecule has 0 aromatic rings. The van der Waals surface area contributed by atoms with Crippen LogP contribution in [-0.4, -0.2) is 29.2 Å². The van der Waals surface area contributed by atoms with Crippen LogP contribution in [0.4, 0.5) is 9.18 Å². The van der Waals surface area contributed by atoms with Crippen LogP contribution in [0.5, 0.6) is 0 Å². The van der Waals surface area contributed by atoms with Gasteiger partial charge in [-0.15, -0.1) is 0 Å². The summed E-state index contributed by atoms with van der Waals surface area (Å²) in [5.74, 6) is -0.168. The molecule has 4 bridgehead atoms. The largest absolute Gasteiger partial charge is 0.476 e. The molecular weight excluding hydrogens is 323 g/mol. The number of carbonyl (C=O) groups excluding carboxylic acids is 1. The minimum absolute atomic E-state index is 0.0397. The number of carboxylic acids is 1. The number of urea groups is 1. The summed E-state index contributed by atoms with van der Waals surface area (Å²) in [6.07, 6.45) is 11.4. The zero-order valence-electron chi connectivity index (χ0n) is 14.7. The monoisotopic (exact) mass is 352 g/mol. The van der Waals surface area contributed by atoms with E-state index in [0.29, 0.717) is 13.0 Å². The van der Waals surface area contributed by atoms with Crippen molar-refractivity contribution < 1.29 is 19.1 Å². The van der Waals surface area contributed by atoms with Crippen LogP contribution in [0.25, 0.3) is 0 Å². The molecule has 0 unspecified atom stereocenters. The van der Waals surface area contributed by atoms with E-state index in [1.165, 1.54) is 19.3 Å². The Hall–Kier alpha value is -1.59. The van der Waals surface area contributed by atoms with Gasteiger partial charge in [-0.3, -0.25) is 0 Å². The van der Waals surface area contributed by atoms with Crippen LogP contribution in [0, 0.1) is 17.8 Å². The van der Waals surface area contributed by atoms with Gasteiger partial charge in [0.15, 0.2) is 0 Å². The minimum atomic E-state index is -1.51. The highest BCUT2D eigenvalue weighted by atomic mass is 19.1. The number of unbranched alkanes of at least 4 members (excludes halogenated alkanes) is 3. The predicted molar refractivity (Wildman–Crippen MR) is 92.7 cm³/mol. The molecule has 4 saturated carbocycles. The van der Waals surface area contributed by atoms with Crippen molar-refractivity contribution in [1.82, 2.24) is 10.6 Å². The summed E-state index contributed by atoms with van der Waals surface area (Å²) in [4.78, 5) is 22.5. The number of aliphatic carboxylic acids is 1. The Morgan fingerprint density at radius 1 is 1.04 bits per heavy atom. The highest BCUT2D eigenvalue weighted by molar-refractivity contribution is 5.83. The number of allylic oxidation sites excluding steroid dienone is 1. The standard InChI is InChI=1S/C19H29FN2O3/c20-16(17(23)24)5-3-1-2-4-6-21-18(25)22-19-10-13-7-14(11-19)9-15(8-13)12-19/h5,13-15H,1-4,6-12H2,(H,23,24)(H2,21,22,25)/b16-5-. The molecule has 2 amide bonds. The van der Waals surface area contributed by atoms with Gasteiger partial charge >= 0.3 is 12.0 Å². The van der Waals surface area contributed by atoms with Gasteiger partial charge in [0.1, 0.15) is 0 Å². The van der Waals surface area contributed by atoms with Crippen molar-refractivity contribution in [2.45, 2.75) is 69.7 Å². The highest BCUT2D eigenvalue weighted by Gasteiger charge is 2.51. The molecule has 5 nitrogen and oxygen atoms in total. The Kier molecular flexibility index (Phi) is 5.64. The second-order valence-corrected chi connectivity index (χ2v) is 8.29. The zero-order valence-corrected chi connectivity index (χ0v) is 14.7. The summed E-state index contributed by atoms with van der Waals surface area (Å²) in [6, 6.07) is -0.0567. The van der Waals surface area contributed by atoms with Crippen molar-refractivity contribution in [3.05, 3.63) is 11.9 Å². The molecule has 0 aliphatic heterocycles. The number of hydrogen-bond acceptors (Lipinski definition) is 2. The Labute approximate surface area is 148 Å². The number of carbonyl (C=O) groups is 2. The first-order valence-corrected chi connectivity index (χ1v) is 9.61. The van der Waals surface area contributed by atoms with Crippen LogP contribution in [-0.2, 0) is 4.79 Å². The molecule has 4 aliphatic carbocycles. The van der Waals surface area contributed by atoms with E-state index in [4.69, 9.17) is 5.11 Å². The molecule has 0 aromatic heterocycles. The van der Waals surface area contributed by atoms with Crippen molar-refractivity contribution in [1.29, 1.82) is 0 Å². The molecule has 0 saturated heterocycles. The second-order valence-electron chi connectivity index (χ2n) is 8.29. The average Bonchev–Trinajstić information content (AvgIpc) is 2.51. The lowest BCUT2D eigenvalue weighted by Crippen LogP contribution is -2.61. The Morgan fingerprint density at radius 3 is 2.20 bits per heavy atom. The quantitative estimate of drug-likeness (QED) is 0.460. The smallest absolute Gasteiger partial charge is 0.364 e. The van der Waals surface area contributed by atoms with Crippen LogP contribution in [0.3, 0.4) is 0 Å². The first kappa shape index (κ1) is 18.2. The van der Waals surface area contributed by atoms with E-state index >= 15 is 0 Å². The van der Waals surface area contributed by atoms with Crippen LogP contribution < -0.4 is 10.6 Å². The normalized spacial score (nSPS) is 33.3. The van der Waals surface area contributed by atoms with Crippen molar-refractivity contribution in [3.8, 4) is 0 Å². The maximum Gasteiger partial charge on any atom is 0.364 e. The molecule has 0 aromatic carbocycles. The lowest BCUT2D eigenvalue weighted by atomic mass is 9.53. The minimum Gasteiger partial charge on any atom is -0.476 e. The van der Waals surface area contributed by atoms with Gasteiger partial charge in [-0.25, -0.2) is 9.59 Å². The molecular formula is C19H29FN2O3. The fourth-order valence-electron chi connectivity index (χ4n) is 5.51. The predicted octanol–water partition coefficient (Wildman–Crippen LogP) is 3.75. The molecule has 4 fully saturated rings. The van der Waals surface area contributed by atoms with Gasteiger partial charge in [0, 0.05) is 12.1 Å². The molecule has 140 valence electrons. The second kappa shape index (κ2) is 7.75. The van der Waals surface area contributed by atoms with Gasteiger partial charge in [-0.2, -0.15) is 4.39 Å². The number of halogens is 1. The molecule has 25 heavy (non-hydrogen) atoms. The first-order chi connectivity index (χ1) is 12.0.